The molecule has 0 radical (unpaired) electrons. The first-order chi connectivity index (χ1) is 8.74. The van der Waals surface area contributed by atoms with Gasteiger partial charge in [0.25, 0.3) is 5.88 Å². The molecule has 1 saturated carbocycles. The van der Waals surface area contributed by atoms with E-state index in [0.717, 1.165) is 25.7 Å². The van der Waals surface area contributed by atoms with Crippen LogP contribution in [0.4, 0.5) is 4.39 Å². The van der Waals surface area contributed by atoms with Crippen LogP contribution in [0, 0.1) is 5.82 Å². The molecule has 0 spiro atoms. The Morgan fingerprint density at radius 2 is 2.22 bits per heavy atom. The van der Waals surface area contributed by atoms with Crippen molar-refractivity contribution in [3.8, 4) is 5.88 Å². The van der Waals surface area contributed by atoms with E-state index >= 15 is 0 Å². The van der Waals surface area contributed by atoms with E-state index in [-0.39, 0.29) is 24.6 Å². The van der Waals surface area contributed by atoms with Crippen molar-refractivity contribution < 1.29 is 13.9 Å². The summed E-state index contributed by atoms with van der Waals surface area (Å²) in [6.45, 7) is 0.149. The lowest BCUT2D eigenvalue weighted by atomic mass is 9.95. The second-order valence-electron chi connectivity index (χ2n) is 4.56. The van der Waals surface area contributed by atoms with E-state index in [1.165, 1.54) is 6.20 Å². The first-order valence-corrected chi connectivity index (χ1v) is 6.27. The molecule has 2 rings (SSSR count). The zero-order chi connectivity index (χ0) is 13.0. The first kappa shape index (κ1) is 13.2. The third-order valence-corrected chi connectivity index (χ3v) is 3.35. The highest BCUT2D eigenvalue weighted by Crippen LogP contribution is 2.26. The summed E-state index contributed by atoms with van der Waals surface area (Å²) >= 11 is 0. The molecule has 0 aromatic carbocycles. The van der Waals surface area contributed by atoms with Crippen LogP contribution in [0.1, 0.15) is 31.2 Å². The van der Waals surface area contributed by atoms with Crippen LogP contribution in [0.5, 0.6) is 5.88 Å². The Morgan fingerprint density at radius 3 is 2.94 bits per heavy atom. The maximum atomic E-state index is 13.9. The normalized spacial score (nSPS) is 23.9. The number of nitrogens with two attached hydrogens (primary N) is 1. The van der Waals surface area contributed by atoms with Crippen LogP contribution in [0.15, 0.2) is 12.3 Å². The minimum Gasteiger partial charge on any atom is -0.472 e. The highest BCUT2D eigenvalue weighted by atomic mass is 19.1. The minimum absolute atomic E-state index is 0.0290. The maximum Gasteiger partial charge on any atom is 0.250 e. The highest BCUT2D eigenvalue weighted by molar-refractivity contribution is 5.23. The van der Waals surface area contributed by atoms with Gasteiger partial charge < -0.3 is 15.2 Å². The molecule has 0 amide bonds. The van der Waals surface area contributed by atoms with Gasteiger partial charge in [0, 0.05) is 31.8 Å². The molecular weight excluding hydrogens is 235 g/mol. The fourth-order valence-electron chi connectivity index (χ4n) is 2.28. The van der Waals surface area contributed by atoms with Gasteiger partial charge in [-0.05, 0) is 25.3 Å². The smallest absolute Gasteiger partial charge is 0.250 e. The Kier molecular flexibility index (Phi) is 4.49. The highest BCUT2D eigenvalue weighted by Gasteiger charge is 2.24. The van der Waals surface area contributed by atoms with Crippen LogP contribution in [0.3, 0.4) is 0 Å². The predicted octanol–water partition coefficient (Wildman–Crippen LogP) is 2.02. The van der Waals surface area contributed by atoms with Crippen molar-refractivity contribution in [2.45, 2.75) is 44.4 Å². The molecule has 0 saturated heterocycles. The van der Waals surface area contributed by atoms with Crippen LogP contribution in [-0.2, 0) is 11.3 Å². The summed E-state index contributed by atoms with van der Waals surface area (Å²) in [5, 5.41) is 0. The molecule has 1 fully saturated rings. The van der Waals surface area contributed by atoms with Gasteiger partial charge in [0.15, 0.2) is 5.82 Å². The molecule has 0 bridgehead atoms. The Morgan fingerprint density at radius 1 is 1.44 bits per heavy atom. The van der Waals surface area contributed by atoms with Crippen LogP contribution in [0.2, 0.25) is 0 Å². The topological polar surface area (TPSA) is 57.4 Å². The Labute approximate surface area is 106 Å². The van der Waals surface area contributed by atoms with E-state index < -0.39 is 5.82 Å². The Bertz CT molecular complexity index is 401. The number of pyridine rings is 1. The zero-order valence-electron chi connectivity index (χ0n) is 10.6. The molecule has 100 valence electrons. The quantitative estimate of drug-likeness (QED) is 0.893. The maximum absolute atomic E-state index is 13.9. The largest absolute Gasteiger partial charge is 0.472 e. The zero-order valence-corrected chi connectivity index (χ0v) is 10.6. The number of hydrogen-bond donors (Lipinski definition) is 1. The third-order valence-electron chi connectivity index (χ3n) is 3.35. The van der Waals surface area contributed by atoms with Crippen molar-refractivity contribution >= 4 is 0 Å². The van der Waals surface area contributed by atoms with Gasteiger partial charge >= 0.3 is 0 Å². The summed E-state index contributed by atoms with van der Waals surface area (Å²) in [6.07, 6.45) is 5.45. The van der Waals surface area contributed by atoms with Gasteiger partial charge in [-0.2, -0.15) is 0 Å². The van der Waals surface area contributed by atoms with Crippen molar-refractivity contribution in [3.63, 3.8) is 0 Å². The number of hydrogen-bond acceptors (Lipinski definition) is 4. The minimum atomic E-state index is -0.445. The summed E-state index contributed by atoms with van der Waals surface area (Å²) < 4.78 is 24.9. The van der Waals surface area contributed by atoms with Crippen molar-refractivity contribution in [3.05, 3.63) is 23.6 Å². The van der Waals surface area contributed by atoms with E-state index in [0.29, 0.717) is 5.56 Å². The molecule has 2 unspecified atom stereocenters. The van der Waals surface area contributed by atoms with E-state index in [1.54, 1.807) is 13.2 Å². The van der Waals surface area contributed by atoms with E-state index in [2.05, 4.69) is 4.98 Å². The first-order valence-electron chi connectivity index (χ1n) is 6.27. The monoisotopic (exact) mass is 254 g/mol. The lowest BCUT2D eigenvalue weighted by molar-refractivity contribution is 0.0181. The molecule has 2 N–H and O–H groups in total. The standard InChI is InChI=1S/C13H19FN2O2/c1-17-10-3-2-4-11(7-10)18-13-12(14)9(8-15)5-6-16-13/h5-6,10-11H,2-4,7-8,15H2,1H3. The van der Waals surface area contributed by atoms with Gasteiger partial charge in [-0.3, -0.25) is 0 Å². The van der Waals surface area contributed by atoms with Gasteiger partial charge in [0.1, 0.15) is 6.10 Å². The van der Waals surface area contributed by atoms with Gasteiger partial charge in [0.2, 0.25) is 0 Å². The molecule has 5 heteroatoms. The van der Waals surface area contributed by atoms with Gasteiger partial charge in [0.05, 0.1) is 6.10 Å². The number of halogens is 1. The number of ether oxygens (including phenoxy) is 2. The van der Waals surface area contributed by atoms with E-state index in [4.69, 9.17) is 15.2 Å². The fourth-order valence-corrected chi connectivity index (χ4v) is 2.28. The van der Waals surface area contributed by atoms with Crippen LogP contribution >= 0.6 is 0 Å². The number of methoxy groups -OCH3 is 1. The van der Waals surface area contributed by atoms with Crippen molar-refractivity contribution in [2.75, 3.05) is 7.11 Å². The molecular formula is C13H19FN2O2. The van der Waals surface area contributed by atoms with Crippen LogP contribution in [-0.4, -0.2) is 24.3 Å². The second-order valence-corrected chi connectivity index (χ2v) is 4.56. The average Bonchev–Trinajstić information content (AvgIpc) is 2.41. The molecule has 0 aliphatic heterocycles. The SMILES string of the molecule is COC1CCCC(Oc2nccc(CN)c2F)C1. The molecule has 1 heterocycles. The van der Waals surface area contributed by atoms with E-state index in [9.17, 15) is 4.39 Å². The van der Waals surface area contributed by atoms with Crippen LogP contribution in [0.25, 0.3) is 0 Å². The van der Waals surface area contributed by atoms with Crippen LogP contribution < -0.4 is 10.5 Å². The summed E-state index contributed by atoms with van der Waals surface area (Å²) in [4.78, 5) is 3.94. The van der Waals surface area contributed by atoms with Crippen molar-refractivity contribution in [1.29, 1.82) is 0 Å². The number of rotatable bonds is 4. The molecule has 4 nitrogen and oxygen atoms in total. The summed E-state index contributed by atoms with van der Waals surface area (Å²) in [5.41, 5.74) is 5.88. The molecule has 1 aliphatic carbocycles. The summed E-state index contributed by atoms with van der Waals surface area (Å²) in [5.74, 6) is -0.390. The number of nitrogens with zero attached hydrogens (tertiary/aromatic N) is 1. The van der Waals surface area contributed by atoms with Gasteiger partial charge in [-0.1, -0.05) is 0 Å². The third kappa shape index (κ3) is 2.97. The predicted molar refractivity (Wildman–Crippen MR) is 65.8 cm³/mol. The average molecular weight is 254 g/mol. The second kappa shape index (κ2) is 6.11. The number of aromatic nitrogens is 1. The Hall–Kier alpha value is -1.20. The lowest BCUT2D eigenvalue weighted by Gasteiger charge is -2.28. The molecule has 2 atom stereocenters. The Balaban J connectivity index is 2.04. The molecule has 1 aromatic rings. The lowest BCUT2D eigenvalue weighted by Crippen LogP contribution is -2.30. The fraction of sp³-hybridized carbons (Fsp3) is 0.615. The van der Waals surface area contributed by atoms with E-state index in [1.807, 2.05) is 0 Å². The van der Waals surface area contributed by atoms with Crippen molar-refractivity contribution in [2.24, 2.45) is 5.73 Å². The van der Waals surface area contributed by atoms with Gasteiger partial charge in [-0.25, -0.2) is 9.37 Å². The van der Waals surface area contributed by atoms with Crippen molar-refractivity contribution in [1.82, 2.24) is 4.98 Å². The summed E-state index contributed by atoms with van der Waals surface area (Å²) in [7, 11) is 1.70. The van der Waals surface area contributed by atoms with Gasteiger partial charge in [-0.15, -0.1) is 0 Å². The molecule has 18 heavy (non-hydrogen) atoms. The summed E-state index contributed by atoms with van der Waals surface area (Å²) in [6, 6.07) is 1.57. The molecule has 1 aromatic heterocycles. The molecule has 1 aliphatic rings.